The van der Waals surface area contributed by atoms with Crippen molar-refractivity contribution in [1.82, 2.24) is 5.01 Å². The Morgan fingerprint density at radius 1 is 1.23 bits per heavy atom. The molecule has 0 amide bonds. The van der Waals surface area contributed by atoms with Gasteiger partial charge < -0.3 is 0 Å². The summed E-state index contributed by atoms with van der Waals surface area (Å²) in [6, 6.07) is 0.339. The maximum Gasteiger partial charge on any atom is 0.0629 e. The van der Waals surface area contributed by atoms with Crippen LogP contribution in [0.3, 0.4) is 0 Å². The summed E-state index contributed by atoms with van der Waals surface area (Å²) in [4.78, 5) is 0. The Morgan fingerprint density at radius 2 is 1.77 bits per heavy atom. The van der Waals surface area contributed by atoms with Crippen molar-refractivity contribution in [3.8, 4) is 0 Å². The molecule has 0 saturated heterocycles. The van der Waals surface area contributed by atoms with Gasteiger partial charge in [-0.05, 0) is 25.8 Å². The highest BCUT2D eigenvalue weighted by molar-refractivity contribution is 5.95. The summed E-state index contributed by atoms with van der Waals surface area (Å²) in [5, 5.41) is 6.27. The number of rotatable bonds is 5. The lowest BCUT2D eigenvalue weighted by atomic mass is 10.1. The van der Waals surface area contributed by atoms with E-state index in [-0.39, 0.29) is 0 Å². The Hall–Kier alpha value is -1.05. The minimum atomic E-state index is 0.339. The third kappa shape index (κ3) is 3.92. The molecule has 0 atom stereocenters. The van der Waals surface area contributed by atoms with Gasteiger partial charge in [0, 0.05) is 12.2 Å². The van der Waals surface area contributed by atoms with E-state index in [4.69, 9.17) is 0 Å². The zero-order valence-corrected chi connectivity index (χ0v) is 9.12. The van der Waals surface area contributed by atoms with E-state index in [1.807, 2.05) is 5.01 Å². The van der Waals surface area contributed by atoms with Crippen molar-refractivity contribution in [3.63, 3.8) is 0 Å². The van der Waals surface area contributed by atoms with E-state index in [1.165, 1.54) is 0 Å². The summed E-state index contributed by atoms with van der Waals surface area (Å²) < 4.78 is 0. The smallest absolute Gasteiger partial charge is 0.0629 e. The molecule has 0 fully saturated rings. The summed E-state index contributed by atoms with van der Waals surface area (Å²) in [6.07, 6.45) is 3.53. The van der Waals surface area contributed by atoms with Crippen LogP contribution in [0.1, 0.15) is 27.7 Å². The van der Waals surface area contributed by atoms with E-state index in [0.29, 0.717) is 12.0 Å². The average molecular weight is 180 g/mol. The largest absolute Gasteiger partial charge is 0.271 e. The Bertz CT molecular complexity index is 202. The molecule has 0 aromatic carbocycles. The predicted molar refractivity (Wildman–Crippen MR) is 59.6 cm³/mol. The lowest BCUT2D eigenvalue weighted by Gasteiger charge is -2.20. The van der Waals surface area contributed by atoms with E-state index >= 15 is 0 Å². The second-order valence-electron chi connectivity index (χ2n) is 3.54. The molecule has 0 spiro atoms. The molecule has 0 aliphatic rings. The van der Waals surface area contributed by atoms with Crippen molar-refractivity contribution < 1.29 is 0 Å². The normalized spacial score (nSPS) is 12.0. The average Bonchev–Trinajstić information content (AvgIpc) is 2.05. The van der Waals surface area contributed by atoms with Crippen LogP contribution in [0.15, 0.2) is 30.5 Å². The predicted octanol–water partition coefficient (Wildman–Crippen LogP) is 3.04. The maximum atomic E-state index is 4.43. The molecule has 0 aliphatic heterocycles. The Balaban J connectivity index is 4.63. The Labute approximate surface area is 81.6 Å². The van der Waals surface area contributed by atoms with E-state index < -0.39 is 0 Å². The van der Waals surface area contributed by atoms with Gasteiger partial charge in [-0.15, -0.1) is 0 Å². The van der Waals surface area contributed by atoms with Crippen molar-refractivity contribution >= 4 is 5.71 Å². The highest BCUT2D eigenvalue weighted by Gasteiger charge is 2.05. The lowest BCUT2D eigenvalue weighted by molar-refractivity contribution is 0.327. The van der Waals surface area contributed by atoms with Crippen molar-refractivity contribution in [2.45, 2.75) is 33.7 Å². The van der Waals surface area contributed by atoms with Crippen LogP contribution in [0.25, 0.3) is 0 Å². The molecule has 0 aromatic rings. The van der Waals surface area contributed by atoms with Crippen molar-refractivity contribution in [2.24, 2.45) is 11.0 Å². The first-order valence-electron chi connectivity index (χ1n) is 4.64. The molecule has 0 unspecified atom stereocenters. The number of nitrogens with zero attached hydrogens (tertiary/aromatic N) is 2. The molecule has 2 heteroatoms. The fourth-order valence-electron chi connectivity index (χ4n) is 0.892. The standard InChI is InChI=1S/C11H20N2/c1-7-11(9(3)4)12-13(8-2)10(5)6/h7-10H,1-2H2,3-6H3/b12-11+. The fraction of sp³-hybridized carbons (Fsp3) is 0.545. The van der Waals surface area contributed by atoms with E-state index in [0.717, 1.165) is 5.71 Å². The zero-order valence-electron chi connectivity index (χ0n) is 9.12. The third-order valence-electron chi connectivity index (χ3n) is 1.75. The molecule has 0 aromatic heterocycles. The SMILES string of the molecule is C=C/C(=N\N(C=C)C(C)C)C(C)C. The summed E-state index contributed by atoms with van der Waals surface area (Å²) in [6.45, 7) is 15.8. The topological polar surface area (TPSA) is 15.6 Å². The van der Waals surface area contributed by atoms with Crippen LogP contribution < -0.4 is 0 Å². The van der Waals surface area contributed by atoms with Gasteiger partial charge in [-0.2, -0.15) is 5.10 Å². The van der Waals surface area contributed by atoms with Gasteiger partial charge in [-0.3, -0.25) is 5.01 Å². The molecule has 0 bridgehead atoms. The van der Waals surface area contributed by atoms with Crippen molar-refractivity contribution in [2.75, 3.05) is 0 Å². The first kappa shape index (κ1) is 11.9. The van der Waals surface area contributed by atoms with E-state index in [9.17, 15) is 0 Å². The second kappa shape index (κ2) is 5.57. The zero-order chi connectivity index (χ0) is 10.4. The van der Waals surface area contributed by atoms with E-state index in [2.05, 4.69) is 46.0 Å². The monoisotopic (exact) mass is 180 g/mol. The van der Waals surface area contributed by atoms with Crippen LogP contribution in [0.2, 0.25) is 0 Å². The molecule has 0 heterocycles. The number of hydrogen-bond acceptors (Lipinski definition) is 2. The minimum absolute atomic E-state index is 0.339. The van der Waals surface area contributed by atoms with Crippen LogP contribution in [0.4, 0.5) is 0 Å². The van der Waals surface area contributed by atoms with Gasteiger partial charge in [-0.25, -0.2) is 0 Å². The third-order valence-corrected chi connectivity index (χ3v) is 1.75. The van der Waals surface area contributed by atoms with Crippen LogP contribution >= 0.6 is 0 Å². The van der Waals surface area contributed by atoms with Gasteiger partial charge in [0.25, 0.3) is 0 Å². The molecular weight excluding hydrogens is 160 g/mol. The quantitative estimate of drug-likeness (QED) is 0.469. The Kier molecular flexibility index (Phi) is 5.12. The summed E-state index contributed by atoms with van der Waals surface area (Å²) in [5.41, 5.74) is 0.994. The molecule has 0 rings (SSSR count). The molecule has 2 nitrogen and oxygen atoms in total. The van der Waals surface area contributed by atoms with Gasteiger partial charge in [0.1, 0.15) is 0 Å². The Morgan fingerprint density at radius 3 is 2.00 bits per heavy atom. The first-order chi connectivity index (χ1) is 6.02. The number of hydrazone groups is 1. The van der Waals surface area contributed by atoms with Crippen molar-refractivity contribution in [1.29, 1.82) is 0 Å². The van der Waals surface area contributed by atoms with Gasteiger partial charge in [0.05, 0.1) is 5.71 Å². The van der Waals surface area contributed by atoms with Crippen LogP contribution in [0.5, 0.6) is 0 Å². The van der Waals surface area contributed by atoms with Crippen LogP contribution in [-0.4, -0.2) is 16.8 Å². The van der Waals surface area contributed by atoms with Crippen LogP contribution in [-0.2, 0) is 0 Å². The maximum absolute atomic E-state index is 4.43. The fourth-order valence-corrected chi connectivity index (χ4v) is 0.892. The number of allylic oxidation sites excluding steroid dienone is 1. The summed E-state index contributed by atoms with van der Waals surface area (Å²) in [7, 11) is 0. The molecule has 0 aliphatic carbocycles. The van der Waals surface area contributed by atoms with Gasteiger partial charge in [-0.1, -0.05) is 27.0 Å². The summed E-state index contributed by atoms with van der Waals surface area (Å²) in [5.74, 6) is 0.402. The van der Waals surface area contributed by atoms with E-state index in [1.54, 1.807) is 12.3 Å². The molecule has 74 valence electrons. The lowest BCUT2D eigenvalue weighted by Crippen LogP contribution is -2.22. The summed E-state index contributed by atoms with van der Waals surface area (Å²) >= 11 is 0. The van der Waals surface area contributed by atoms with Gasteiger partial charge in [0.15, 0.2) is 0 Å². The van der Waals surface area contributed by atoms with Crippen molar-refractivity contribution in [3.05, 3.63) is 25.4 Å². The highest BCUT2D eigenvalue weighted by atomic mass is 15.5. The molecule has 0 saturated carbocycles. The number of hydrogen-bond donors (Lipinski definition) is 0. The van der Waals surface area contributed by atoms with Gasteiger partial charge >= 0.3 is 0 Å². The van der Waals surface area contributed by atoms with Gasteiger partial charge in [0.2, 0.25) is 0 Å². The molecular formula is C11H20N2. The molecule has 0 N–H and O–H groups in total. The second-order valence-corrected chi connectivity index (χ2v) is 3.54. The van der Waals surface area contributed by atoms with Crippen LogP contribution in [0, 0.1) is 5.92 Å². The highest BCUT2D eigenvalue weighted by Crippen LogP contribution is 2.05. The molecule has 0 radical (unpaired) electrons. The molecule has 13 heavy (non-hydrogen) atoms. The minimum Gasteiger partial charge on any atom is -0.271 e. The first-order valence-corrected chi connectivity index (χ1v) is 4.64.